The molecule has 0 aromatic heterocycles. The smallest absolute Gasteiger partial charge is 0.0714 e. The SMILES string of the molecule is CC(C)(C)c1cc(-c2ccc(N(c3ccc(-c4ccccc4)cc3)c3ccc4c(c3)C(c3ccccc3)(c3cccc(-c5ccccc5)c3)c3ccccc3-4)cc2)cc(C(C)(C)C)c1. The highest BCUT2D eigenvalue weighted by Crippen LogP contribution is 2.57. The Morgan fingerprint density at radius 3 is 1.31 bits per heavy atom. The van der Waals surface area contributed by atoms with Crippen molar-refractivity contribution in [1.29, 1.82) is 0 Å². The van der Waals surface area contributed by atoms with Crippen LogP contribution >= 0.6 is 0 Å². The first kappa shape index (κ1) is 40.8. The van der Waals surface area contributed by atoms with Gasteiger partial charge in [-0.3, -0.25) is 0 Å². The van der Waals surface area contributed by atoms with Crippen molar-refractivity contribution in [2.45, 2.75) is 57.8 Å². The third kappa shape index (κ3) is 7.35. The fourth-order valence-corrected chi connectivity index (χ4v) is 9.79. The Morgan fingerprint density at radius 2 is 0.734 bits per heavy atom. The fourth-order valence-electron chi connectivity index (χ4n) is 9.79. The molecule has 1 aliphatic carbocycles. The number of hydrogen-bond donors (Lipinski definition) is 0. The lowest BCUT2D eigenvalue weighted by Crippen LogP contribution is -2.29. The van der Waals surface area contributed by atoms with Crippen molar-refractivity contribution < 1.29 is 0 Å². The Bertz CT molecular complexity index is 3040. The lowest BCUT2D eigenvalue weighted by atomic mass is 9.67. The highest BCUT2D eigenvalue weighted by atomic mass is 15.1. The zero-order valence-electron chi connectivity index (χ0n) is 37.8. The zero-order valence-corrected chi connectivity index (χ0v) is 37.8. The van der Waals surface area contributed by atoms with Crippen molar-refractivity contribution in [3.05, 3.63) is 258 Å². The summed E-state index contributed by atoms with van der Waals surface area (Å²) < 4.78 is 0. The highest BCUT2D eigenvalue weighted by molar-refractivity contribution is 5.90. The number of fused-ring (bicyclic) bond motifs is 3. The molecule has 1 unspecified atom stereocenters. The predicted octanol–water partition coefficient (Wildman–Crippen LogP) is 17.1. The van der Waals surface area contributed by atoms with Gasteiger partial charge in [0.15, 0.2) is 0 Å². The van der Waals surface area contributed by atoms with Crippen molar-refractivity contribution in [2.24, 2.45) is 0 Å². The molecule has 64 heavy (non-hydrogen) atoms. The van der Waals surface area contributed by atoms with E-state index in [-0.39, 0.29) is 10.8 Å². The molecule has 0 N–H and O–H groups in total. The van der Waals surface area contributed by atoms with E-state index in [2.05, 4.69) is 271 Å². The van der Waals surface area contributed by atoms with Gasteiger partial charge < -0.3 is 4.90 Å². The predicted molar refractivity (Wildman–Crippen MR) is 272 cm³/mol. The molecule has 0 spiro atoms. The zero-order chi connectivity index (χ0) is 44.1. The number of hydrogen-bond acceptors (Lipinski definition) is 1. The summed E-state index contributed by atoms with van der Waals surface area (Å²) in [5, 5.41) is 0. The Labute approximate surface area is 380 Å². The summed E-state index contributed by atoms with van der Waals surface area (Å²) in [6, 6.07) is 83.4. The van der Waals surface area contributed by atoms with Gasteiger partial charge in [-0.2, -0.15) is 0 Å². The summed E-state index contributed by atoms with van der Waals surface area (Å²) in [6.07, 6.45) is 0. The number of nitrogens with zero attached hydrogens (tertiary/aromatic N) is 1. The van der Waals surface area contributed by atoms with Gasteiger partial charge in [-0.25, -0.2) is 0 Å². The number of benzene rings is 9. The van der Waals surface area contributed by atoms with E-state index in [1.807, 2.05) is 0 Å². The number of rotatable bonds is 8. The third-order valence-electron chi connectivity index (χ3n) is 13.3. The van der Waals surface area contributed by atoms with Crippen LogP contribution in [-0.4, -0.2) is 0 Å². The van der Waals surface area contributed by atoms with Crippen LogP contribution in [0.4, 0.5) is 17.1 Å². The van der Waals surface area contributed by atoms with Gasteiger partial charge in [0.1, 0.15) is 0 Å². The van der Waals surface area contributed by atoms with Gasteiger partial charge >= 0.3 is 0 Å². The molecule has 1 atom stereocenters. The molecule has 312 valence electrons. The van der Waals surface area contributed by atoms with Crippen molar-refractivity contribution in [1.82, 2.24) is 0 Å². The molecule has 0 bridgehead atoms. The summed E-state index contributed by atoms with van der Waals surface area (Å²) in [6.45, 7) is 13.9. The first-order valence-corrected chi connectivity index (χ1v) is 22.7. The first-order chi connectivity index (χ1) is 31.0. The molecule has 0 heterocycles. The van der Waals surface area contributed by atoms with Gasteiger partial charge in [0.2, 0.25) is 0 Å². The van der Waals surface area contributed by atoms with E-state index in [4.69, 9.17) is 0 Å². The highest BCUT2D eigenvalue weighted by Gasteiger charge is 2.46. The summed E-state index contributed by atoms with van der Waals surface area (Å²) in [5.74, 6) is 0. The van der Waals surface area contributed by atoms with Gasteiger partial charge in [-0.1, -0.05) is 224 Å². The van der Waals surface area contributed by atoms with Crippen LogP contribution in [0.5, 0.6) is 0 Å². The average molecular weight is 826 g/mol. The topological polar surface area (TPSA) is 3.24 Å². The summed E-state index contributed by atoms with van der Waals surface area (Å²) >= 11 is 0. The van der Waals surface area contributed by atoms with Gasteiger partial charge in [-0.15, -0.1) is 0 Å². The maximum Gasteiger partial charge on any atom is 0.0714 e. The normalized spacial score (nSPS) is 14.5. The standard InChI is InChI=1S/C63H55N/c1-61(2,3)52-40-49(41-53(42-52)62(4,5)6)47-31-35-55(36-32-47)64(54-33-29-46(30-34-54)44-19-10-7-11-20-44)56-37-38-58-57-27-16-17-28-59(57)63(60(58)43-56,50-24-14-9-15-25-50)51-26-18-23-48(39-51)45-21-12-8-13-22-45/h7-43H,1-6H3. The Morgan fingerprint density at radius 1 is 0.297 bits per heavy atom. The molecular formula is C63H55N. The van der Waals surface area contributed by atoms with Crippen LogP contribution in [0.3, 0.4) is 0 Å². The van der Waals surface area contributed by atoms with Crippen LogP contribution < -0.4 is 4.90 Å². The average Bonchev–Trinajstić information content (AvgIpc) is 3.63. The monoisotopic (exact) mass is 825 g/mol. The molecule has 9 aromatic rings. The minimum Gasteiger partial charge on any atom is -0.310 e. The largest absolute Gasteiger partial charge is 0.310 e. The fraction of sp³-hybridized carbons (Fsp3) is 0.143. The molecule has 0 radical (unpaired) electrons. The van der Waals surface area contributed by atoms with Crippen molar-refractivity contribution >= 4 is 17.1 Å². The van der Waals surface area contributed by atoms with E-state index in [0.29, 0.717) is 0 Å². The molecule has 10 rings (SSSR count). The molecule has 0 fully saturated rings. The molecule has 0 amide bonds. The molecule has 0 aliphatic heterocycles. The second-order valence-corrected chi connectivity index (χ2v) is 19.4. The van der Waals surface area contributed by atoms with Crippen LogP contribution in [-0.2, 0) is 16.2 Å². The number of anilines is 3. The second-order valence-electron chi connectivity index (χ2n) is 19.4. The van der Waals surface area contributed by atoms with Gasteiger partial charge in [0.25, 0.3) is 0 Å². The summed E-state index contributed by atoms with van der Waals surface area (Å²) in [5.41, 5.74) is 20.4. The maximum absolute atomic E-state index is 2.47. The Kier molecular flexibility index (Phi) is 10.3. The minimum absolute atomic E-state index is 0.0315. The third-order valence-corrected chi connectivity index (χ3v) is 13.3. The molecular weight excluding hydrogens is 771 g/mol. The van der Waals surface area contributed by atoms with Crippen LogP contribution in [0.1, 0.15) is 74.9 Å². The summed E-state index contributed by atoms with van der Waals surface area (Å²) in [7, 11) is 0. The van der Waals surface area contributed by atoms with Crippen molar-refractivity contribution in [3.63, 3.8) is 0 Å². The first-order valence-electron chi connectivity index (χ1n) is 22.7. The van der Waals surface area contributed by atoms with Crippen LogP contribution in [0.15, 0.2) is 224 Å². The molecule has 0 saturated carbocycles. The van der Waals surface area contributed by atoms with Crippen LogP contribution in [0.2, 0.25) is 0 Å². The van der Waals surface area contributed by atoms with Gasteiger partial charge in [0.05, 0.1) is 5.41 Å². The van der Waals surface area contributed by atoms with E-state index in [1.165, 1.54) is 77.9 Å². The summed E-state index contributed by atoms with van der Waals surface area (Å²) in [4.78, 5) is 2.43. The lowest BCUT2D eigenvalue weighted by molar-refractivity contribution is 0.569. The van der Waals surface area contributed by atoms with E-state index < -0.39 is 5.41 Å². The molecule has 1 aliphatic rings. The Hall–Kier alpha value is -7.22. The van der Waals surface area contributed by atoms with E-state index >= 15 is 0 Å². The minimum atomic E-state index is -0.566. The van der Waals surface area contributed by atoms with Gasteiger partial charge in [0, 0.05) is 17.1 Å². The maximum atomic E-state index is 2.47. The van der Waals surface area contributed by atoms with Gasteiger partial charge in [-0.05, 0) is 131 Å². The molecule has 0 saturated heterocycles. The van der Waals surface area contributed by atoms with E-state index in [0.717, 1.165) is 17.1 Å². The Balaban J connectivity index is 1.17. The second kappa shape index (κ2) is 16.2. The van der Waals surface area contributed by atoms with Crippen molar-refractivity contribution in [3.8, 4) is 44.5 Å². The van der Waals surface area contributed by atoms with Crippen LogP contribution in [0, 0.1) is 0 Å². The molecule has 9 aromatic carbocycles. The van der Waals surface area contributed by atoms with Crippen molar-refractivity contribution in [2.75, 3.05) is 4.90 Å². The molecule has 1 heteroatoms. The van der Waals surface area contributed by atoms with E-state index in [1.54, 1.807) is 0 Å². The molecule has 1 nitrogen and oxygen atoms in total. The quantitative estimate of drug-likeness (QED) is 0.148. The lowest BCUT2D eigenvalue weighted by Gasteiger charge is -2.35. The van der Waals surface area contributed by atoms with E-state index in [9.17, 15) is 0 Å². The van der Waals surface area contributed by atoms with Crippen LogP contribution in [0.25, 0.3) is 44.5 Å².